The minimum absolute atomic E-state index is 0.688. The molecule has 18 heavy (non-hydrogen) atoms. The molecule has 2 heteroatoms. The molecule has 2 heterocycles. The van der Waals surface area contributed by atoms with Crippen molar-refractivity contribution in [1.29, 1.82) is 0 Å². The number of piperidine rings is 1. The average molecular weight is 244 g/mol. The molecule has 1 aromatic heterocycles. The maximum atomic E-state index is 4.47. The van der Waals surface area contributed by atoms with Crippen molar-refractivity contribution in [3.63, 3.8) is 0 Å². The summed E-state index contributed by atoms with van der Waals surface area (Å²) in [6.07, 6.45) is 7.52. The fourth-order valence-electron chi connectivity index (χ4n) is 2.70. The monoisotopic (exact) mass is 244 g/mol. The summed E-state index contributed by atoms with van der Waals surface area (Å²) >= 11 is 0. The van der Waals surface area contributed by atoms with Crippen molar-refractivity contribution >= 4 is 6.08 Å². The molecule has 98 valence electrons. The molecule has 0 saturated carbocycles. The third-order valence-corrected chi connectivity index (χ3v) is 3.95. The molecule has 0 atom stereocenters. The van der Waals surface area contributed by atoms with Crippen molar-refractivity contribution in [2.24, 2.45) is 5.92 Å². The van der Waals surface area contributed by atoms with Crippen LogP contribution in [0.1, 0.15) is 37.9 Å². The van der Waals surface area contributed by atoms with Gasteiger partial charge >= 0.3 is 0 Å². The fraction of sp³-hybridized carbons (Fsp3) is 0.562. The Kier molecular flexibility index (Phi) is 4.54. The van der Waals surface area contributed by atoms with E-state index in [2.05, 4.69) is 36.4 Å². The van der Waals surface area contributed by atoms with Crippen LogP contribution in [-0.4, -0.2) is 29.0 Å². The average Bonchev–Trinajstić information content (AvgIpc) is 2.39. The molecule has 2 rings (SSSR count). The maximum absolute atomic E-state index is 4.47. The van der Waals surface area contributed by atoms with E-state index in [1.54, 1.807) is 0 Å². The van der Waals surface area contributed by atoms with Crippen LogP contribution in [0.2, 0.25) is 0 Å². The highest BCUT2D eigenvalue weighted by atomic mass is 15.1. The van der Waals surface area contributed by atoms with E-state index in [1.807, 2.05) is 18.3 Å². The first-order chi connectivity index (χ1) is 8.69. The second kappa shape index (κ2) is 6.14. The summed E-state index contributed by atoms with van der Waals surface area (Å²) < 4.78 is 0. The van der Waals surface area contributed by atoms with Crippen LogP contribution in [0.4, 0.5) is 0 Å². The first kappa shape index (κ1) is 13.3. The largest absolute Gasteiger partial charge is 0.301 e. The highest BCUT2D eigenvalue weighted by molar-refractivity contribution is 5.46. The van der Waals surface area contributed by atoms with Crippen LogP contribution in [-0.2, 0) is 6.42 Å². The topological polar surface area (TPSA) is 16.1 Å². The van der Waals surface area contributed by atoms with Gasteiger partial charge in [-0.25, -0.2) is 0 Å². The van der Waals surface area contributed by atoms with Crippen molar-refractivity contribution in [2.45, 2.75) is 39.2 Å². The number of pyridine rings is 1. The summed E-state index contributed by atoms with van der Waals surface area (Å²) in [5, 5.41) is 0. The molecule has 1 aliphatic heterocycles. The lowest BCUT2D eigenvalue weighted by molar-refractivity contribution is 0.149. The van der Waals surface area contributed by atoms with Crippen molar-refractivity contribution in [3.05, 3.63) is 36.2 Å². The standard InChI is InChI=1S/C16H24N2/c1-4-14-5-8-17-16(11-14)12-15-6-9-18(10-7-15)13(2)3/h4-5,8,11,13,15H,1,6-7,9-10,12H2,2-3H3. The summed E-state index contributed by atoms with van der Waals surface area (Å²) in [5.74, 6) is 0.799. The van der Waals surface area contributed by atoms with Crippen LogP contribution in [0.15, 0.2) is 24.9 Å². The number of hydrogen-bond acceptors (Lipinski definition) is 2. The van der Waals surface area contributed by atoms with Gasteiger partial charge in [0.1, 0.15) is 0 Å². The van der Waals surface area contributed by atoms with Gasteiger partial charge in [0.05, 0.1) is 0 Å². The summed E-state index contributed by atoms with van der Waals surface area (Å²) in [6.45, 7) is 10.9. The molecule has 0 amide bonds. The molecule has 0 N–H and O–H groups in total. The summed E-state index contributed by atoms with van der Waals surface area (Å²) in [6, 6.07) is 4.87. The van der Waals surface area contributed by atoms with Gasteiger partial charge in [0, 0.05) is 17.9 Å². The van der Waals surface area contributed by atoms with E-state index in [1.165, 1.54) is 37.2 Å². The van der Waals surface area contributed by atoms with Crippen molar-refractivity contribution < 1.29 is 0 Å². The minimum Gasteiger partial charge on any atom is -0.301 e. The van der Waals surface area contributed by atoms with E-state index in [0.717, 1.165) is 12.3 Å². The second-order valence-corrected chi connectivity index (χ2v) is 5.56. The van der Waals surface area contributed by atoms with E-state index in [4.69, 9.17) is 0 Å². The van der Waals surface area contributed by atoms with Crippen LogP contribution < -0.4 is 0 Å². The molecule has 1 aromatic rings. The third kappa shape index (κ3) is 3.42. The smallest absolute Gasteiger partial charge is 0.0412 e. The normalized spacial score (nSPS) is 18.2. The summed E-state index contributed by atoms with van der Waals surface area (Å²) in [5.41, 5.74) is 2.40. The van der Waals surface area contributed by atoms with Gasteiger partial charge < -0.3 is 4.90 Å². The molecule has 0 spiro atoms. The molecule has 1 aliphatic rings. The molecular weight excluding hydrogens is 220 g/mol. The highest BCUT2D eigenvalue weighted by Crippen LogP contribution is 2.22. The van der Waals surface area contributed by atoms with E-state index >= 15 is 0 Å². The van der Waals surface area contributed by atoms with Crippen molar-refractivity contribution in [3.8, 4) is 0 Å². The predicted octanol–water partition coefficient (Wildman–Crippen LogP) is 3.39. The van der Waals surface area contributed by atoms with Gasteiger partial charge in [0.25, 0.3) is 0 Å². The van der Waals surface area contributed by atoms with Crippen molar-refractivity contribution in [1.82, 2.24) is 9.88 Å². The van der Waals surface area contributed by atoms with Gasteiger partial charge in [0.2, 0.25) is 0 Å². The van der Waals surface area contributed by atoms with Crippen LogP contribution in [0, 0.1) is 5.92 Å². The van der Waals surface area contributed by atoms with Gasteiger partial charge in [-0.2, -0.15) is 0 Å². The Morgan fingerprint density at radius 1 is 1.44 bits per heavy atom. The van der Waals surface area contributed by atoms with Gasteiger partial charge in [0.15, 0.2) is 0 Å². The lowest BCUT2D eigenvalue weighted by atomic mass is 9.91. The van der Waals surface area contributed by atoms with Gasteiger partial charge in [-0.1, -0.05) is 12.7 Å². The number of hydrogen-bond donors (Lipinski definition) is 0. The molecule has 0 bridgehead atoms. The predicted molar refractivity (Wildman–Crippen MR) is 77.5 cm³/mol. The molecular formula is C16H24N2. The zero-order valence-corrected chi connectivity index (χ0v) is 11.6. The molecule has 0 radical (unpaired) electrons. The van der Waals surface area contributed by atoms with Gasteiger partial charge in [-0.3, -0.25) is 4.98 Å². The lowest BCUT2D eigenvalue weighted by Crippen LogP contribution is -2.38. The SMILES string of the molecule is C=Cc1ccnc(CC2CCN(C(C)C)CC2)c1. The van der Waals surface area contributed by atoms with E-state index < -0.39 is 0 Å². The molecule has 1 fully saturated rings. The van der Waals surface area contributed by atoms with E-state index in [-0.39, 0.29) is 0 Å². The maximum Gasteiger partial charge on any atom is 0.0412 e. The quantitative estimate of drug-likeness (QED) is 0.807. The summed E-state index contributed by atoms with van der Waals surface area (Å²) in [7, 11) is 0. The first-order valence-electron chi connectivity index (χ1n) is 7.00. The first-order valence-corrected chi connectivity index (χ1v) is 7.00. The zero-order chi connectivity index (χ0) is 13.0. The Labute approximate surface area is 111 Å². The minimum atomic E-state index is 0.688. The number of likely N-dealkylation sites (tertiary alicyclic amines) is 1. The van der Waals surface area contributed by atoms with Crippen molar-refractivity contribution in [2.75, 3.05) is 13.1 Å². The van der Waals surface area contributed by atoms with Gasteiger partial charge in [-0.15, -0.1) is 0 Å². The van der Waals surface area contributed by atoms with Crippen LogP contribution in [0.25, 0.3) is 6.08 Å². The number of nitrogens with zero attached hydrogens (tertiary/aromatic N) is 2. The Bertz CT molecular complexity index is 390. The van der Waals surface area contributed by atoms with E-state index in [0.29, 0.717) is 6.04 Å². The zero-order valence-electron chi connectivity index (χ0n) is 11.6. The number of rotatable bonds is 4. The van der Waals surface area contributed by atoms with Gasteiger partial charge in [-0.05, 0) is 69.8 Å². The Morgan fingerprint density at radius 3 is 2.78 bits per heavy atom. The Morgan fingerprint density at radius 2 is 2.17 bits per heavy atom. The Hall–Kier alpha value is -1.15. The van der Waals surface area contributed by atoms with Crippen LogP contribution in [0.5, 0.6) is 0 Å². The number of aromatic nitrogens is 1. The highest BCUT2D eigenvalue weighted by Gasteiger charge is 2.21. The molecule has 0 aromatic carbocycles. The third-order valence-electron chi connectivity index (χ3n) is 3.95. The lowest BCUT2D eigenvalue weighted by Gasteiger charge is -2.34. The molecule has 2 nitrogen and oxygen atoms in total. The van der Waals surface area contributed by atoms with Crippen LogP contribution >= 0.6 is 0 Å². The fourth-order valence-corrected chi connectivity index (χ4v) is 2.70. The Balaban J connectivity index is 1.89. The van der Waals surface area contributed by atoms with Crippen LogP contribution in [0.3, 0.4) is 0 Å². The second-order valence-electron chi connectivity index (χ2n) is 5.56. The molecule has 1 saturated heterocycles. The van der Waals surface area contributed by atoms with E-state index in [9.17, 15) is 0 Å². The molecule has 0 unspecified atom stereocenters. The summed E-state index contributed by atoms with van der Waals surface area (Å²) in [4.78, 5) is 7.05. The molecule has 0 aliphatic carbocycles.